The third-order valence-electron chi connectivity index (χ3n) is 4.58. The molecule has 31 heavy (non-hydrogen) atoms. The Bertz CT molecular complexity index is 1090. The number of carbonyl (C=O) groups excluding carboxylic acids is 1. The average Bonchev–Trinajstić information content (AvgIpc) is 2.80. The summed E-state index contributed by atoms with van der Waals surface area (Å²) in [6, 6.07) is 21.5. The first-order chi connectivity index (χ1) is 15.0. The van der Waals surface area contributed by atoms with Gasteiger partial charge >= 0.3 is 0 Å². The highest BCUT2D eigenvalue weighted by Crippen LogP contribution is 2.26. The fraction of sp³-hybridized carbons (Fsp3) is 0.208. The van der Waals surface area contributed by atoms with Crippen LogP contribution in [0.25, 0.3) is 0 Å². The molecule has 0 radical (unpaired) electrons. The van der Waals surface area contributed by atoms with Crippen LogP contribution in [0.15, 0.2) is 83.8 Å². The average molecular weight is 440 g/mol. The van der Waals surface area contributed by atoms with Crippen LogP contribution in [0.3, 0.4) is 0 Å². The molecule has 3 aromatic rings. The number of aryl methyl sites for hydroxylation is 1. The van der Waals surface area contributed by atoms with E-state index >= 15 is 0 Å². The van der Waals surface area contributed by atoms with Crippen molar-refractivity contribution in [3.8, 4) is 11.5 Å². The Morgan fingerprint density at radius 1 is 0.806 bits per heavy atom. The quantitative estimate of drug-likeness (QED) is 0.493. The normalized spacial score (nSPS) is 11.0. The van der Waals surface area contributed by atoms with Gasteiger partial charge in [-0.15, -0.1) is 0 Å². The van der Waals surface area contributed by atoms with Crippen molar-refractivity contribution >= 4 is 21.6 Å². The second-order valence-corrected chi connectivity index (χ2v) is 8.48. The minimum Gasteiger partial charge on any atom is -0.494 e. The Morgan fingerprint density at radius 2 is 1.39 bits per heavy atom. The lowest BCUT2D eigenvalue weighted by atomic mass is 10.2. The summed E-state index contributed by atoms with van der Waals surface area (Å²) in [6.07, 6.45) is 0.889. The molecule has 0 N–H and O–H groups in total. The third-order valence-corrected chi connectivity index (χ3v) is 6.35. The lowest BCUT2D eigenvalue weighted by molar-refractivity contribution is -0.119. The zero-order chi connectivity index (χ0) is 22.3. The zero-order valence-electron chi connectivity index (χ0n) is 17.5. The van der Waals surface area contributed by atoms with Gasteiger partial charge in [-0.3, -0.25) is 4.79 Å². The molecule has 0 fully saturated rings. The standard InChI is InChI=1S/C24H25NO5S/c1-3-19-10-14-22(15-11-19)30-18-24(26)25(20-12-16-21(17-13-20)29-4-2)31(27,28)23-8-6-5-7-9-23/h5-17H,3-4,18H2,1-2H3. The van der Waals surface area contributed by atoms with Crippen LogP contribution in [-0.2, 0) is 21.2 Å². The van der Waals surface area contributed by atoms with E-state index in [4.69, 9.17) is 9.47 Å². The van der Waals surface area contributed by atoms with E-state index in [2.05, 4.69) is 0 Å². The first-order valence-electron chi connectivity index (χ1n) is 10.0. The molecule has 0 spiro atoms. The van der Waals surface area contributed by atoms with Crippen LogP contribution in [0.5, 0.6) is 11.5 Å². The van der Waals surface area contributed by atoms with E-state index in [1.807, 2.05) is 26.0 Å². The van der Waals surface area contributed by atoms with Crippen LogP contribution in [0.2, 0.25) is 0 Å². The summed E-state index contributed by atoms with van der Waals surface area (Å²) in [4.78, 5) is 13.1. The van der Waals surface area contributed by atoms with Crippen molar-refractivity contribution in [1.82, 2.24) is 0 Å². The number of carbonyl (C=O) groups is 1. The van der Waals surface area contributed by atoms with E-state index in [9.17, 15) is 13.2 Å². The number of benzene rings is 3. The number of sulfonamides is 1. The van der Waals surface area contributed by atoms with Gasteiger partial charge in [-0.25, -0.2) is 8.42 Å². The number of nitrogens with zero attached hydrogens (tertiary/aromatic N) is 1. The van der Waals surface area contributed by atoms with Crippen LogP contribution >= 0.6 is 0 Å². The molecule has 0 unspecified atom stereocenters. The molecule has 0 saturated carbocycles. The first kappa shape index (κ1) is 22.4. The van der Waals surface area contributed by atoms with Gasteiger partial charge in [-0.05, 0) is 67.4 Å². The van der Waals surface area contributed by atoms with Gasteiger partial charge in [-0.2, -0.15) is 4.31 Å². The van der Waals surface area contributed by atoms with Gasteiger partial charge < -0.3 is 9.47 Å². The molecule has 1 amide bonds. The number of hydrogen-bond acceptors (Lipinski definition) is 5. The molecule has 0 aliphatic carbocycles. The zero-order valence-corrected chi connectivity index (χ0v) is 18.3. The van der Waals surface area contributed by atoms with Crippen molar-refractivity contribution in [3.63, 3.8) is 0 Å². The smallest absolute Gasteiger partial charge is 0.278 e. The van der Waals surface area contributed by atoms with Gasteiger partial charge in [-0.1, -0.05) is 37.3 Å². The predicted molar refractivity (Wildman–Crippen MR) is 120 cm³/mol. The van der Waals surface area contributed by atoms with Gasteiger partial charge in [0.2, 0.25) is 0 Å². The van der Waals surface area contributed by atoms with Crippen molar-refractivity contribution in [3.05, 3.63) is 84.4 Å². The summed E-state index contributed by atoms with van der Waals surface area (Å²) in [5, 5.41) is 0. The van der Waals surface area contributed by atoms with Crippen LogP contribution in [0, 0.1) is 0 Å². The summed E-state index contributed by atoms with van der Waals surface area (Å²) in [5.41, 5.74) is 1.35. The molecular formula is C24H25NO5S. The van der Waals surface area contributed by atoms with E-state index in [0.717, 1.165) is 16.3 Å². The number of anilines is 1. The predicted octanol–water partition coefficient (Wildman–Crippen LogP) is 4.45. The summed E-state index contributed by atoms with van der Waals surface area (Å²) >= 11 is 0. The maximum absolute atomic E-state index is 13.3. The van der Waals surface area contributed by atoms with E-state index in [0.29, 0.717) is 18.1 Å². The van der Waals surface area contributed by atoms with Gasteiger partial charge in [0.25, 0.3) is 15.9 Å². The highest BCUT2D eigenvalue weighted by atomic mass is 32.2. The lowest BCUT2D eigenvalue weighted by Crippen LogP contribution is -2.40. The van der Waals surface area contributed by atoms with Crippen molar-refractivity contribution in [1.29, 1.82) is 0 Å². The van der Waals surface area contributed by atoms with Gasteiger partial charge in [0.05, 0.1) is 17.2 Å². The fourth-order valence-electron chi connectivity index (χ4n) is 2.98. The molecule has 0 saturated heterocycles. The first-order valence-corrected chi connectivity index (χ1v) is 11.5. The minimum atomic E-state index is -4.13. The number of hydrogen-bond donors (Lipinski definition) is 0. The van der Waals surface area contributed by atoms with E-state index < -0.39 is 22.5 Å². The molecule has 0 aromatic heterocycles. The van der Waals surface area contributed by atoms with Crippen LogP contribution in [0.4, 0.5) is 5.69 Å². The molecule has 0 bridgehead atoms. The summed E-state index contributed by atoms with van der Waals surface area (Å²) < 4.78 is 38.4. The Morgan fingerprint density at radius 3 is 1.97 bits per heavy atom. The number of ether oxygens (including phenoxy) is 2. The molecule has 162 valence electrons. The summed E-state index contributed by atoms with van der Waals surface area (Å²) in [6.45, 7) is 3.95. The molecule has 6 nitrogen and oxygen atoms in total. The molecule has 3 rings (SSSR count). The second kappa shape index (κ2) is 10.1. The van der Waals surface area contributed by atoms with Gasteiger partial charge in [0, 0.05) is 0 Å². The Balaban J connectivity index is 1.89. The summed E-state index contributed by atoms with van der Waals surface area (Å²) in [5.74, 6) is 0.380. The molecular weight excluding hydrogens is 414 g/mol. The van der Waals surface area contributed by atoms with Crippen molar-refractivity contribution in [2.45, 2.75) is 25.2 Å². The molecule has 0 atom stereocenters. The van der Waals surface area contributed by atoms with Crippen LogP contribution < -0.4 is 13.8 Å². The molecule has 0 heterocycles. The molecule has 0 aliphatic heterocycles. The second-order valence-electron chi connectivity index (χ2n) is 6.69. The van der Waals surface area contributed by atoms with E-state index in [1.165, 1.54) is 12.1 Å². The largest absolute Gasteiger partial charge is 0.494 e. The van der Waals surface area contributed by atoms with Crippen molar-refractivity contribution < 1.29 is 22.7 Å². The van der Waals surface area contributed by atoms with Crippen LogP contribution in [-0.4, -0.2) is 27.5 Å². The highest BCUT2D eigenvalue weighted by molar-refractivity contribution is 7.93. The maximum Gasteiger partial charge on any atom is 0.278 e. The molecule has 0 aliphatic rings. The van der Waals surface area contributed by atoms with Gasteiger partial charge in [0.1, 0.15) is 11.5 Å². The Labute approximate surface area is 183 Å². The van der Waals surface area contributed by atoms with E-state index in [1.54, 1.807) is 54.6 Å². The molecule has 3 aromatic carbocycles. The monoisotopic (exact) mass is 439 g/mol. The molecule has 7 heteroatoms. The fourth-order valence-corrected chi connectivity index (χ4v) is 4.42. The minimum absolute atomic E-state index is 0.0181. The highest BCUT2D eigenvalue weighted by Gasteiger charge is 2.31. The Kier molecular flexibility index (Phi) is 7.31. The Hall–Kier alpha value is -3.32. The third kappa shape index (κ3) is 5.44. The van der Waals surface area contributed by atoms with Gasteiger partial charge in [0.15, 0.2) is 6.61 Å². The topological polar surface area (TPSA) is 72.9 Å². The number of amides is 1. The van der Waals surface area contributed by atoms with E-state index in [-0.39, 0.29) is 10.6 Å². The maximum atomic E-state index is 13.3. The summed E-state index contributed by atoms with van der Waals surface area (Å²) in [7, 11) is -4.13. The SMILES string of the molecule is CCOc1ccc(N(C(=O)COc2ccc(CC)cc2)S(=O)(=O)c2ccccc2)cc1. The van der Waals surface area contributed by atoms with Crippen molar-refractivity contribution in [2.75, 3.05) is 17.5 Å². The van der Waals surface area contributed by atoms with Crippen LogP contribution in [0.1, 0.15) is 19.4 Å². The van der Waals surface area contributed by atoms with Crippen molar-refractivity contribution in [2.24, 2.45) is 0 Å². The number of rotatable bonds is 9. The lowest BCUT2D eigenvalue weighted by Gasteiger charge is -2.23.